The highest BCUT2D eigenvalue weighted by Gasteiger charge is 2.31. The van der Waals surface area contributed by atoms with Crippen LogP contribution in [0.3, 0.4) is 0 Å². The number of aliphatic hydroxyl groups is 1. The van der Waals surface area contributed by atoms with E-state index in [4.69, 9.17) is 10.8 Å². The topological polar surface area (TPSA) is 55.5 Å². The first kappa shape index (κ1) is 14.2. The van der Waals surface area contributed by atoms with Crippen LogP contribution in [0.2, 0.25) is 0 Å². The Labute approximate surface area is 113 Å². The van der Waals surface area contributed by atoms with E-state index in [0.717, 1.165) is 0 Å². The first-order valence-corrected chi connectivity index (χ1v) is 5.75. The van der Waals surface area contributed by atoms with Gasteiger partial charge in [-0.2, -0.15) is 0 Å². The van der Waals surface area contributed by atoms with Crippen molar-refractivity contribution in [2.45, 2.75) is 13.0 Å². The van der Waals surface area contributed by atoms with Crippen molar-refractivity contribution in [1.29, 1.82) is 0 Å². The minimum absolute atomic E-state index is 0.238. The summed E-state index contributed by atoms with van der Waals surface area (Å²) in [4.78, 5) is 0. The smallest absolute Gasteiger partial charge is 0.406 e. The molecule has 0 spiro atoms. The van der Waals surface area contributed by atoms with Gasteiger partial charge in [0.2, 0.25) is 0 Å². The fourth-order valence-corrected chi connectivity index (χ4v) is 1.86. The van der Waals surface area contributed by atoms with E-state index < -0.39 is 6.36 Å². The molecule has 0 aliphatic carbocycles. The van der Waals surface area contributed by atoms with Gasteiger partial charge in [-0.15, -0.1) is 13.2 Å². The quantitative estimate of drug-likeness (QED) is 0.849. The number of hydrogen-bond acceptors (Lipinski definition) is 3. The highest BCUT2D eigenvalue weighted by molar-refractivity contribution is 5.79. The summed E-state index contributed by atoms with van der Waals surface area (Å²) < 4.78 is 40.5. The Hall–Kier alpha value is -2.21. The molecule has 3 nitrogen and oxygen atoms in total. The third-order valence-corrected chi connectivity index (χ3v) is 2.75. The van der Waals surface area contributed by atoms with Crippen LogP contribution in [0.15, 0.2) is 42.5 Å². The van der Waals surface area contributed by atoms with Crippen LogP contribution in [0, 0.1) is 0 Å². The fourth-order valence-electron chi connectivity index (χ4n) is 1.86. The van der Waals surface area contributed by atoms with Crippen molar-refractivity contribution in [3.8, 4) is 16.9 Å². The Morgan fingerprint density at radius 3 is 2.45 bits per heavy atom. The Kier molecular flexibility index (Phi) is 3.85. The van der Waals surface area contributed by atoms with Crippen molar-refractivity contribution in [2.75, 3.05) is 5.73 Å². The summed E-state index contributed by atoms with van der Waals surface area (Å²) in [6.45, 7) is -0.238. The number of hydrogen-bond donors (Lipinski definition) is 2. The van der Waals surface area contributed by atoms with Crippen molar-refractivity contribution in [3.63, 3.8) is 0 Å². The van der Waals surface area contributed by atoms with Crippen LogP contribution in [-0.2, 0) is 6.61 Å². The Bertz CT molecular complexity index is 612. The number of ether oxygens (including phenoxy) is 1. The van der Waals surface area contributed by atoms with Crippen LogP contribution in [0.5, 0.6) is 5.75 Å². The third-order valence-electron chi connectivity index (χ3n) is 2.75. The molecular weight excluding hydrogens is 271 g/mol. The van der Waals surface area contributed by atoms with E-state index in [1.54, 1.807) is 24.3 Å². The number of alkyl halides is 3. The lowest BCUT2D eigenvalue weighted by molar-refractivity contribution is -0.274. The molecule has 0 saturated carbocycles. The van der Waals surface area contributed by atoms with E-state index in [0.29, 0.717) is 22.4 Å². The molecular formula is C14H12F3NO2. The zero-order chi connectivity index (χ0) is 14.8. The minimum Gasteiger partial charge on any atom is -0.406 e. The normalized spacial score (nSPS) is 11.4. The van der Waals surface area contributed by atoms with Crippen LogP contribution in [0.1, 0.15) is 5.56 Å². The van der Waals surface area contributed by atoms with Gasteiger partial charge in [-0.1, -0.05) is 30.3 Å². The van der Waals surface area contributed by atoms with Crippen LogP contribution in [0.25, 0.3) is 11.1 Å². The van der Waals surface area contributed by atoms with Crippen LogP contribution >= 0.6 is 0 Å². The van der Waals surface area contributed by atoms with E-state index >= 15 is 0 Å². The van der Waals surface area contributed by atoms with Crippen LogP contribution in [0.4, 0.5) is 18.9 Å². The first-order chi connectivity index (χ1) is 9.40. The van der Waals surface area contributed by atoms with Gasteiger partial charge in [0.05, 0.1) is 6.61 Å². The SMILES string of the molecule is Nc1c(CO)cccc1-c1cccc(OC(F)(F)F)c1. The fraction of sp³-hybridized carbons (Fsp3) is 0.143. The molecule has 0 aliphatic heterocycles. The predicted molar refractivity (Wildman–Crippen MR) is 68.9 cm³/mol. The molecule has 2 aromatic carbocycles. The lowest BCUT2D eigenvalue weighted by atomic mass is 10.0. The van der Waals surface area contributed by atoms with E-state index in [9.17, 15) is 13.2 Å². The van der Waals surface area contributed by atoms with Gasteiger partial charge < -0.3 is 15.6 Å². The molecule has 0 amide bonds. The summed E-state index contributed by atoms with van der Waals surface area (Å²) in [6.07, 6.45) is -4.74. The van der Waals surface area contributed by atoms with Crippen LogP contribution in [-0.4, -0.2) is 11.5 Å². The maximum absolute atomic E-state index is 12.2. The molecule has 0 bridgehead atoms. The van der Waals surface area contributed by atoms with Crippen molar-refractivity contribution >= 4 is 5.69 Å². The number of rotatable bonds is 3. The summed E-state index contributed by atoms with van der Waals surface area (Å²) in [5.41, 5.74) is 7.76. The number of nitrogen functional groups attached to an aromatic ring is 1. The number of halogens is 3. The molecule has 20 heavy (non-hydrogen) atoms. The standard InChI is InChI=1S/C14H12F3NO2/c15-14(16,17)20-11-5-1-3-9(7-11)12-6-2-4-10(8-19)13(12)18/h1-7,19H,8,18H2. The molecule has 6 heteroatoms. The van der Waals surface area contributed by atoms with Gasteiger partial charge in [0.15, 0.2) is 0 Å². The van der Waals surface area contributed by atoms with E-state index in [1.807, 2.05) is 0 Å². The molecule has 106 valence electrons. The average molecular weight is 283 g/mol. The van der Waals surface area contributed by atoms with Crippen molar-refractivity contribution in [2.24, 2.45) is 0 Å². The molecule has 3 N–H and O–H groups in total. The molecule has 0 aromatic heterocycles. The largest absolute Gasteiger partial charge is 0.573 e. The maximum atomic E-state index is 12.2. The second-order valence-electron chi connectivity index (χ2n) is 4.11. The zero-order valence-corrected chi connectivity index (χ0v) is 10.3. The number of para-hydroxylation sites is 1. The molecule has 0 atom stereocenters. The Balaban J connectivity index is 2.41. The summed E-state index contributed by atoms with van der Waals surface area (Å²) in [5, 5.41) is 9.14. The Morgan fingerprint density at radius 1 is 1.10 bits per heavy atom. The second-order valence-corrected chi connectivity index (χ2v) is 4.11. The molecule has 0 heterocycles. The van der Waals surface area contributed by atoms with Gasteiger partial charge in [0.1, 0.15) is 5.75 Å². The van der Waals surface area contributed by atoms with Gasteiger partial charge in [0, 0.05) is 16.8 Å². The van der Waals surface area contributed by atoms with Crippen molar-refractivity contribution in [1.82, 2.24) is 0 Å². The molecule has 0 unspecified atom stereocenters. The van der Waals surface area contributed by atoms with E-state index in [1.165, 1.54) is 18.2 Å². The maximum Gasteiger partial charge on any atom is 0.573 e. The third kappa shape index (κ3) is 3.21. The van der Waals surface area contributed by atoms with Crippen molar-refractivity contribution < 1.29 is 23.0 Å². The number of nitrogens with two attached hydrogens (primary N) is 1. The summed E-state index contributed by atoms with van der Waals surface area (Å²) in [7, 11) is 0. The summed E-state index contributed by atoms with van der Waals surface area (Å²) in [6, 6.07) is 10.5. The summed E-state index contributed by atoms with van der Waals surface area (Å²) >= 11 is 0. The first-order valence-electron chi connectivity index (χ1n) is 5.75. The molecule has 0 aliphatic rings. The number of anilines is 1. The lowest BCUT2D eigenvalue weighted by Crippen LogP contribution is -2.17. The van der Waals surface area contributed by atoms with E-state index in [-0.39, 0.29) is 12.4 Å². The van der Waals surface area contributed by atoms with Gasteiger partial charge in [-0.05, 0) is 17.7 Å². The second kappa shape index (κ2) is 5.42. The highest BCUT2D eigenvalue weighted by atomic mass is 19.4. The molecule has 2 rings (SSSR count). The number of benzene rings is 2. The minimum atomic E-state index is -4.74. The predicted octanol–water partition coefficient (Wildman–Crippen LogP) is 3.33. The van der Waals surface area contributed by atoms with Gasteiger partial charge >= 0.3 is 6.36 Å². The lowest BCUT2D eigenvalue weighted by Gasteiger charge is -2.12. The monoisotopic (exact) mass is 283 g/mol. The van der Waals surface area contributed by atoms with Gasteiger partial charge in [-0.25, -0.2) is 0 Å². The molecule has 0 radical (unpaired) electrons. The zero-order valence-electron chi connectivity index (χ0n) is 10.3. The van der Waals surface area contributed by atoms with Gasteiger partial charge in [0.25, 0.3) is 0 Å². The average Bonchev–Trinajstić information content (AvgIpc) is 2.37. The molecule has 0 fully saturated rings. The Morgan fingerprint density at radius 2 is 1.80 bits per heavy atom. The van der Waals surface area contributed by atoms with Crippen LogP contribution < -0.4 is 10.5 Å². The van der Waals surface area contributed by atoms with Crippen molar-refractivity contribution in [3.05, 3.63) is 48.0 Å². The molecule has 0 saturated heterocycles. The molecule has 2 aromatic rings. The van der Waals surface area contributed by atoms with E-state index in [2.05, 4.69) is 4.74 Å². The van der Waals surface area contributed by atoms with Gasteiger partial charge in [-0.3, -0.25) is 0 Å². The summed E-state index contributed by atoms with van der Waals surface area (Å²) in [5.74, 6) is -0.316. The highest BCUT2D eigenvalue weighted by Crippen LogP contribution is 2.32. The number of aliphatic hydroxyl groups excluding tert-OH is 1.